The number of hydrogen-bond acceptors (Lipinski definition) is 5. The summed E-state index contributed by atoms with van der Waals surface area (Å²) in [4.78, 5) is 17.8. The van der Waals surface area contributed by atoms with E-state index in [1.165, 1.54) is 24.3 Å². The average molecular weight is 606 g/mol. The van der Waals surface area contributed by atoms with Crippen molar-refractivity contribution in [1.82, 2.24) is 20.5 Å². The standard InChI is InChI=1S/C29H25F6N5O3/c30-28(31,32)42-22-13-5-11-20(15-22)27(17-18-7-2-1-3-8-18,21-12-6-14-23(16-21)43-29(33,34)35)38-26(41)37-25-36-24(39-40-25)19-9-4-10-19/h1-3,5-8,11-16,19H,4,9-10,17H2,(H3,36,37,38,39,40,41). The van der Waals surface area contributed by atoms with E-state index in [1.807, 2.05) is 0 Å². The number of nitrogens with zero attached hydrogens (tertiary/aromatic N) is 2. The van der Waals surface area contributed by atoms with Crippen LogP contribution in [-0.2, 0) is 12.0 Å². The summed E-state index contributed by atoms with van der Waals surface area (Å²) in [5.41, 5.74) is -0.962. The predicted molar refractivity (Wildman–Crippen MR) is 142 cm³/mol. The number of alkyl halides is 6. The van der Waals surface area contributed by atoms with Crippen molar-refractivity contribution in [2.45, 2.75) is 49.9 Å². The van der Waals surface area contributed by atoms with E-state index in [2.05, 4.69) is 35.3 Å². The Balaban J connectivity index is 1.60. The second-order valence-electron chi connectivity index (χ2n) is 9.97. The zero-order valence-corrected chi connectivity index (χ0v) is 22.3. The summed E-state index contributed by atoms with van der Waals surface area (Å²) in [5, 5.41) is 12.1. The molecule has 8 nitrogen and oxygen atoms in total. The number of hydrogen-bond donors (Lipinski definition) is 3. The number of benzene rings is 3. The Kier molecular flexibility index (Phi) is 8.20. The minimum absolute atomic E-state index is 0.0451. The first-order valence-corrected chi connectivity index (χ1v) is 13.2. The van der Waals surface area contributed by atoms with Crippen molar-refractivity contribution in [1.29, 1.82) is 0 Å². The number of H-pyrrole nitrogens is 1. The molecule has 2 amide bonds. The van der Waals surface area contributed by atoms with E-state index in [9.17, 15) is 31.1 Å². The van der Waals surface area contributed by atoms with E-state index < -0.39 is 35.8 Å². The monoisotopic (exact) mass is 605 g/mol. The third-order valence-electron chi connectivity index (χ3n) is 6.98. The van der Waals surface area contributed by atoms with Crippen molar-refractivity contribution in [3.05, 3.63) is 101 Å². The lowest BCUT2D eigenvalue weighted by molar-refractivity contribution is -0.275. The van der Waals surface area contributed by atoms with Gasteiger partial charge in [0.2, 0.25) is 5.95 Å². The molecule has 0 spiro atoms. The predicted octanol–water partition coefficient (Wildman–Crippen LogP) is 7.18. The highest BCUT2D eigenvalue weighted by molar-refractivity contribution is 5.88. The van der Waals surface area contributed by atoms with Gasteiger partial charge in [-0.15, -0.1) is 31.4 Å². The van der Waals surface area contributed by atoms with Gasteiger partial charge in [0.15, 0.2) is 0 Å². The molecule has 1 aliphatic rings. The zero-order chi connectivity index (χ0) is 30.7. The molecule has 43 heavy (non-hydrogen) atoms. The number of aromatic nitrogens is 3. The van der Waals surface area contributed by atoms with Crippen LogP contribution in [0.3, 0.4) is 0 Å². The lowest BCUT2D eigenvalue weighted by Crippen LogP contribution is -2.50. The van der Waals surface area contributed by atoms with Gasteiger partial charge in [0, 0.05) is 12.3 Å². The van der Waals surface area contributed by atoms with Crippen molar-refractivity contribution >= 4 is 12.0 Å². The molecule has 1 fully saturated rings. The third kappa shape index (κ3) is 7.56. The Morgan fingerprint density at radius 3 is 1.93 bits per heavy atom. The largest absolute Gasteiger partial charge is 0.573 e. The highest BCUT2D eigenvalue weighted by Gasteiger charge is 2.39. The van der Waals surface area contributed by atoms with E-state index in [-0.39, 0.29) is 29.4 Å². The summed E-state index contributed by atoms with van der Waals surface area (Å²) in [6, 6.07) is 17.4. The van der Waals surface area contributed by atoms with Gasteiger partial charge in [-0.05, 0) is 53.8 Å². The second-order valence-corrected chi connectivity index (χ2v) is 9.97. The Hall–Kier alpha value is -4.75. The smallest absolute Gasteiger partial charge is 0.406 e. The maximum atomic E-state index is 13.5. The van der Waals surface area contributed by atoms with E-state index in [0.717, 1.165) is 43.5 Å². The molecule has 0 atom stereocenters. The Labute approximate surface area is 241 Å². The highest BCUT2D eigenvalue weighted by atomic mass is 19.4. The average Bonchev–Trinajstić information content (AvgIpc) is 3.33. The molecule has 0 bridgehead atoms. The van der Waals surface area contributed by atoms with Crippen LogP contribution in [0.4, 0.5) is 37.1 Å². The quantitative estimate of drug-likeness (QED) is 0.176. The van der Waals surface area contributed by atoms with Crippen LogP contribution in [0.25, 0.3) is 0 Å². The van der Waals surface area contributed by atoms with Gasteiger partial charge < -0.3 is 14.8 Å². The minimum Gasteiger partial charge on any atom is -0.406 e. The number of aromatic amines is 1. The van der Waals surface area contributed by atoms with Crippen LogP contribution >= 0.6 is 0 Å². The van der Waals surface area contributed by atoms with Crippen LogP contribution < -0.4 is 20.1 Å². The minimum atomic E-state index is -5.02. The summed E-state index contributed by atoms with van der Waals surface area (Å²) in [7, 11) is 0. The topological polar surface area (TPSA) is 101 Å². The number of ether oxygens (including phenoxy) is 2. The molecule has 0 saturated heterocycles. The summed E-state index contributed by atoms with van der Waals surface area (Å²) >= 11 is 0. The molecule has 1 saturated carbocycles. The third-order valence-corrected chi connectivity index (χ3v) is 6.98. The molecular formula is C29H25F6N5O3. The summed E-state index contributed by atoms with van der Waals surface area (Å²) in [6.45, 7) is 0. The normalized spacial score (nSPS) is 14.1. The summed E-state index contributed by atoms with van der Waals surface area (Å²) in [5.74, 6) is -0.434. The molecule has 1 aromatic heterocycles. The fourth-order valence-electron chi connectivity index (χ4n) is 4.90. The first-order valence-electron chi connectivity index (χ1n) is 13.2. The van der Waals surface area contributed by atoms with Gasteiger partial charge in [-0.25, -0.2) is 4.79 Å². The number of rotatable bonds is 9. The van der Waals surface area contributed by atoms with E-state index in [0.29, 0.717) is 11.4 Å². The van der Waals surface area contributed by atoms with Gasteiger partial charge >= 0.3 is 18.8 Å². The number of nitrogens with one attached hydrogen (secondary N) is 3. The maximum Gasteiger partial charge on any atom is 0.573 e. The van der Waals surface area contributed by atoms with Crippen LogP contribution in [0.1, 0.15) is 47.7 Å². The Morgan fingerprint density at radius 2 is 1.42 bits per heavy atom. The van der Waals surface area contributed by atoms with Crippen LogP contribution in [0.2, 0.25) is 0 Å². The lowest BCUT2D eigenvalue weighted by atomic mass is 9.77. The number of anilines is 1. The number of urea groups is 1. The van der Waals surface area contributed by atoms with Crippen molar-refractivity contribution in [2.24, 2.45) is 0 Å². The van der Waals surface area contributed by atoms with Gasteiger partial charge in [-0.3, -0.25) is 10.4 Å². The number of carbonyl (C=O) groups excluding carboxylic acids is 1. The van der Waals surface area contributed by atoms with Crippen LogP contribution in [0.15, 0.2) is 78.9 Å². The number of halogens is 6. The van der Waals surface area contributed by atoms with Gasteiger partial charge in [-0.2, -0.15) is 4.98 Å². The molecule has 0 unspecified atom stereocenters. The van der Waals surface area contributed by atoms with Crippen LogP contribution in [0.5, 0.6) is 11.5 Å². The fraction of sp³-hybridized carbons (Fsp3) is 0.276. The van der Waals surface area contributed by atoms with Crippen molar-refractivity contribution < 1.29 is 40.6 Å². The molecule has 3 aromatic carbocycles. The van der Waals surface area contributed by atoms with E-state index >= 15 is 0 Å². The van der Waals surface area contributed by atoms with E-state index in [4.69, 9.17) is 0 Å². The molecule has 0 radical (unpaired) electrons. The van der Waals surface area contributed by atoms with E-state index in [1.54, 1.807) is 30.3 Å². The molecule has 5 rings (SSSR count). The molecule has 3 N–H and O–H groups in total. The first kappa shape index (κ1) is 29.7. The summed E-state index contributed by atoms with van der Waals surface area (Å²) in [6.07, 6.45) is -7.23. The number of amides is 2. The first-order chi connectivity index (χ1) is 20.4. The van der Waals surface area contributed by atoms with Crippen molar-refractivity contribution in [2.75, 3.05) is 5.32 Å². The van der Waals surface area contributed by atoms with Crippen molar-refractivity contribution in [3.8, 4) is 11.5 Å². The highest BCUT2D eigenvalue weighted by Crippen LogP contribution is 2.39. The maximum absolute atomic E-state index is 13.5. The zero-order valence-electron chi connectivity index (χ0n) is 22.3. The lowest BCUT2D eigenvalue weighted by Gasteiger charge is -2.36. The van der Waals surface area contributed by atoms with Gasteiger partial charge in [0.1, 0.15) is 17.3 Å². The van der Waals surface area contributed by atoms with Gasteiger partial charge in [-0.1, -0.05) is 61.0 Å². The second kappa shape index (κ2) is 11.9. The SMILES string of the molecule is O=C(Nc1n[nH]c(C2CCC2)n1)NC(Cc1ccccc1)(c1cccc(OC(F)(F)F)c1)c1cccc(OC(F)(F)F)c1. The van der Waals surface area contributed by atoms with Gasteiger partial charge in [0.25, 0.3) is 0 Å². The Bertz CT molecular complexity index is 1490. The van der Waals surface area contributed by atoms with Crippen LogP contribution in [-0.4, -0.2) is 33.9 Å². The van der Waals surface area contributed by atoms with Gasteiger partial charge in [0.05, 0.1) is 5.54 Å². The molecule has 14 heteroatoms. The van der Waals surface area contributed by atoms with Crippen molar-refractivity contribution in [3.63, 3.8) is 0 Å². The number of carbonyl (C=O) groups is 1. The molecular weight excluding hydrogens is 580 g/mol. The fourth-order valence-corrected chi connectivity index (χ4v) is 4.90. The Morgan fingerprint density at radius 1 is 0.837 bits per heavy atom. The molecule has 226 valence electrons. The molecule has 1 aliphatic carbocycles. The molecule has 1 heterocycles. The summed E-state index contributed by atoms with van der Waals surface area (Å²) < 4.78 is 87.2. The molecule has 0 aliphatic heterocycles. The van der Waals surface area contributed by atoms with Crippen LogP contribution in [0, 0.1) is 0 Å². The molecule has 4 aromatic rings.